The Bertz CT molecular complexity index is 347. The molecule has 1 rings (SSSR count). The standard InChI is InChI=1S/C19H34F2O/c1-16(2)22-15-18(11-7-6-8-12-18)13-9-10-14-19(20,21)17(3,4)5/h10,14,16H,6-9,11-13,15H2,1-5H3/b14-10+. The van der Waals surface area contributed by atoms with E-state index in [1.807, 2.05) is 0 Å². The molecule has 0 aromatic rings. The Morgan fingerprint density at radius 1 is 1.09 bits per heavy atom. The molecule has 0 saturated heterocycles. The van der Waals surface area contributed by atoms with Gasteiger partial charge in [-0.2, -0.15) is 0 Å². The summed E-state index contributed by atoms with van der Waals surface area (Å²) in [5.74, 6) is -2.75. The van der Waals surface area contributed by atoms with E-state index in [0.29, 0.717) is 6.42 Å². The third kappa shape index (κ3) is 5.98. The van der Waals surface area contributed by atoms with Crippen molar-refractivity contribution in [1.29, 1.82) is 0 Å². The molecule has 0 spiro atoms. The molecule has 1 aliphatic rings. The fraction of sp³-hybridized carbons (Fsp3) is 0.895. The topological polar surface area (TPSA) is 9.23 Å². The summed E-state index contributed by atoms with van der Waals surface area (Å²) in [7, 11) is 0. The smallest absolute Gasteiger partial charge is 0.271 e. The van der Waals surface area contributed by atoms with Gasteiger partial charge in [0.1, 0.15) is 0 Å². The Balaban J connectivity index is 2.57. The molecule has 0 radical (unpaired) electrons. The number of allylic oxidation sites excluding steroid dienone is 2. The average molecular weight is 316 g/mol. The summed E-state index contributed by atoms with van der Waals surface area (Å²) >= 11 is 0. The second-order valence-corrected chi connectivity index (χ2v) is 8.23. The summed E-state index contributed by atoms with van der Waals surface area (Å²) in [6.45, 7) is 9.62. The number of hydrogen-bond acceptors (Lipinski definition) is 1. The molecule has 0 aliphatic heterocycles. The van der Waals surface area contributed by atoms with Crippen molar-refractivity contribution in [3.8, 4) is 0 Å². The second-order valence-electron chi connectivity index (χ2n) is 8.23. The predicted molar refractivity (Wildman–Crippen MR) is 89.4 cm³/mol. The highest BCUT2D eigenvalue weighted by Gasteiger charge is 2.40. The molecule has 0 heterocycles. The van der Waals surface area contributed by atoms with E-state index >= 15 is 0 Å². The molecule has 0 amide bonds. The first kappa shape index (κ1) is 19.6. The summed E-state index contributed by atoms with van der Waals surface area (Å²) in [4.78, 5) is 0. The third-order valence-corrected chi connectivity index (χ3v) is 4.81. The molecule has 0 aromatic carbocycles. The summed E-state index contributed by atoms with van der Waals surface area (Å²) < 4.78 is 33.7. The molecule has 0 atom stereocenters. The highest BCUT2D eigenvalue weighted by molar-refractivity contribution is 5.01. The van der Waals surface area contributed by atoms with Crippen molar-refractivity contribution in [2.45, 2.75) is 91.6 Å². The van der Waals surface area contributed by atoms with Gasteiger partial charge >= 0.3 is 0 Å². The quantitative estimate of drug-likeness (QED) is 0.495. The first-order valence-electron chi connectivity index (χ1n) is 8.75. The maximum absolute atomic E-state index is 13.9. The Morgan fingerprint density at radius 2 is 1.68 bits per heavy atom. The van der Waals surface area contributed by atoms with Gasteiger partial charge in [0.15, 0.2) is 0 Å². The predicted octanol–water partition coefficient (Wildman–Crippen LogP) is 6.38. The Hall–Kier alpha value is -0.440. The van der Waals surface area contributed by atoms with E-state index in [0.717, 1.165) is 19.1 Å². The molecule has 3 heteroatoms. The van der Waals surface area contributed by atoms with Gasteiger partial charge in [-0.1, -0.05) is 46.1 Å². The number of halogens is 2. The number of alkyl halides is 2. The van der Waals surface area contributed by atoms with Crippen LogP contribution in [0, 0.1) is 10.8 Å². The molecule has 1 nitrogen and oxygen atoms in total. The highest BCUT2D eigenvalue weighted by atomic mass is 19.3. The Labute approximate surface area is 135 Å². The minimum Gasteiger partial charge on any atom is -0.378 e. The van der Waals surface area contributed by atoms with Crippen LogP contribution in [0.4, 0.5) is 8.78 Å². The summed E-state index contributed by atoms with van der Waals surface area (Å²) in [6.07, 6.45) is 10.8. The van der Waals surface area contributed by atoms with Gasteiger partial charge in [-0.25, -0.2) is 8.78 Å². The molecule has 1 saturated carbocycles. The molecule has 1 aliphatic carbocycles. The lowest BCUT2D eigenvalue weighted by Gasteiger charge is -2.37. The van der Waals surface area contributed by atoms with Gasteiger partial charge in [-0.05, 0) is 51.0 Å². The van der Waals surface area contributed by atoms with Crippen LogP contribution in [0.2, 0.25) is 0 Å². The van der Waals surface area contributed by atoms with E-state index in [2.05, 4.69) is 13.8 Å². The number of rotatable bonds is 7. The minimum absolute atomic E-state index is 0.198. The van der Waals surface area contributed by atoms with Crippen molar-refractivity contribution >= 4 is 0 Å². The zero-order valence-corrected chi connectivity index (χ0v) is 15.1. The van der Waals surface area contributed by atoms with Crippen molar-refractivity contribution in [2.75, 3.05) is 6.61 Å². The van der Waals surface area contributed by atoms with E-state index in [4.69, 9.17) is 4.74 Å². The van der Waals surface area contributed by atoms with E-state index in [1.54, 1.807) is 26.8 Å². The van der Waals surface area contributed by atoms with Gasteiger partial charge in [-0.15, -0.1) is 0 Å². The van der Waals surface area contributed by atoms with Crippen LogP contribution in [0.5, 0.6) is 0 Å². The van der Waals surface area contributed by atoms with Crippen molar-refractivity contribution in [3.05, 3.63) is 12.2 Å². The molecule has 22 heavy (non-hydrogen) atoms. The van der Waals surface area contributed by atoms with Gasteiger partial charge < -0.3 is 4.74 Å². The number of hydrogen-bond donors (Lipinski definition) is 0. The van der Waals surface area contributed by atoms with Gasteiger partial charge in [0, 0.05) is 5.41 Å². The van der Waals surface area contributed by atoms with Crippen LogP contribution in [0.1, 0.15) is 79.6 Å². The van der Waals surface area contributed by atoms with Crippen molar-refractivity contribution in [1.82, 2.24) is 0 Å². The first-order valence-corrected chi connectivity index (χ1v) is 8.75. The van der Waals surface area contributed by atoms with Gasteiger partial charge in [0.05, 0.1) is 12.7 Å². The first-order chi connectivity index (χ1) is 10.1. The molecular formula is C19H34F2O. The third-order valence-electron chi connectivity index (χ3n) is 4.81. The van der Waals surface area contributed by atoms with Crippen LogP contribution < -0.4 is 0 Å². The number of ether oxygens (including phenoxy) is 1. The van der Waals surface area contributed by atoms with Crippen molar-refractivity contribution < 1.29 is 13.5 Å². The van der Waals surface area contributed by atoms with Gasteiger partial charge in [-0.3, -0.25) is 0 Å². The van der Waals surface area contributed by atoms with Crippen LogP contribution in [0.25, 0.3) is 0 Å². The molecule has 0 unspecified atom stereocenters. The van der Waals surface area contributed by atoms with Crippen LogP contribution in [0.15, 0.2) is 12.2 Å². The van der Waals surface area contributed by atoms with Crippen LogP contribution in [-0.2, 0) is 4.74 Å². The molecular weight excluding hydrogens is 282 g/mol. The summed E-state index contributed by atoms with van der Waals surface area (Å²) in [5.41, 5.74) is -0.823. The van der Waals surface area contributed by atoms with Crippen LogP contribution in [0.3, 0.4) is 0 Å². The second kappa shape index (κ2) is 7.90. The molecule has 0 aromatic heterocycles. The minimum atomic E-state index is -2.75. The van der Waals surface area contributed by atoms with E-state index < -0.39 is 11.3 Å². The van der Waals surface area contributed by atoms with Gasteiger partial charge in [0.25, 0.3) is 5.92 Å². The normalized spacial score (nSPS) is 20.0. The van der Waals surface area contributed by atoms with Crippen molar-refractivity contribution in [3.63, 3.8) is 0 Å². The van der Waals surface area contributed by atoms with E-state index in [1.165, 1.54) is 32.1 Å². The lowest BCUT2D eigenvalue weighted by Crippen LogP contribution is -2.32. The molecule has 0 bridgehead atoms. The highest BCUT2D eigenvalue weighted by Crippen LogP contribution is 2.41. The Kier molecular flexibility index (Phi) is 7.04. The van der Waals surface area contributed by atoms with Crippen molar-refractivity contribution in [2.24, 2.45) is 10.8 Å². The fourth-order valence-corrected chi connectivity index (χ4v) is 2.98. The van der Waals surface area contributed by atoms with Crippen LogP contribution in [-0.4, -0.2) is 18.6 Å². The summed E-state index contributed by atoms with van der Waals surface area (Å²) in [5, 5.41) is 0. The largest absolute Gasteiger partial charge is 0.378 e. The van der Waals surface area contributed by atoms with Crippen LogP contribution >= 0.6 is 0 Å². The molecule has 1 fully saturated rings. The SMILES string of the molecule is CC(C)OCC1(CC/C=C/C(F)(F)C(C)(C)C)CCCCC1. The van der Waals surface area contributed by atoms with Gasteiger partial charge in [0.2, 0.25) is 0 Å². The average Bonchev–Trinajstić information content (AvgIpc) is 2.41. The van der Waals surface area contributed by atoms with E-state index in [-0.39, 0.29) is 11.5 Å². The maximum Gasteiger partial charge on any atom is 0.271 e. The Morgan fingerprint density at radius 3 is 2.18 bits per heavy atom. The fourth-order valence-electron chi connectivity index (χ4n) is 2.98. The maximum atomic E-state index is 13.9. The van der Waals surface area contributed by atoms with E-state index in [9.17, 15) is 8.78 Å². The lowest BCUT2D eigenvalue weighted by atomic mass is 9.71. The molecule has 0 N–H and O–H groups in total. The zero-order valence-electron chi connectivity index (χ0n) is 15.1. The summed E-state index contributed by atoms with van der Waals surface area (Å²) in [6, 6.07) is 0. The molecule has 130 valence electrons. The lowest BCUT2D eigenvalue weighted by molar-refractivity contribution is -0.0503. The monoisotopic (exact) mass is 316 g/mol. The zero-order chi connectivity index (χ0) is 16.9.